The van der Waals surface area contributed by atoms with E-state index in [9.17, 15) is 13.2 Å². The highest BCUT2D eigenvalue weighted by Gasteiger charge is 2.39. The van der Waals surface area contributed by atoms with Crippen LogP contribution in [0.15, 0.2) is 33.9 Å². The second kappa shape index (κ2) is 6.80. The highest BCUT2D eigenvalue weighted by molar-refractivity contribution is 7.99. The van der Waals surface area contributed by atoms with Gasteiger partial charge in [-0.05, 0) is 32.4 Å². The van der Waals surface area contributed by atoms with Crippen LogP contribution < -0.4 is 5.32 Å². The summed E-state index contributed by atoms with van der Waals surface area (Å²) < 4.78 is 28.7. The molecule has 1 aromatic carbocycles. The van der Waals surface area contributed by atoms with E-state index in [1.807, 2.05) is 31.2 Å². The number of hydrogen-bond acceptors (Lipinski definition) is 7. The van der Waals surface area contributed by atoms with E-state index in [-0.39, 0.29) is 23.2 Å². The van der Waals surface area contributed by atoms with Crippen molar-refractivity contribution >= 4 is 27.5 Å². The summed E-state index contributed by atoms with van der Waals surface area (Å²) >= 11 is 1.13. The Bertz CT molecular complexity index is 877. The Morgan fingerprint density at radius 1 is 1.32 bits per heavy atom. The fraction of sp³-hybridized carbons (Fsp3) is 0.438. The van der Waals surface area contributed by atoms with E-state index in [0.717, 1.165) is 22.9 Å². The fourth-order valence-corrected chi connectivity index (χ4v) is 5.35. The molecule has 0 unspecified atom stereocenters. The molecule has 7 nitrogen and oxygen atoms in total. The maximum Gasteiger partial charge on any atom is 0.277 e. The van der Waals surface area contributed by atoms with Gasteiger partial charge in [0.25, 0.3) is 5.22 Å². The molecule has 1 N–H and O–H groups in total. The van der Waals surface area contributed by atoms with Crippen molar-refractivity contribution in [3.05, 3.63) is 29.8 Å². The van der Waals surface area contributed by atoms with Gasteiger partial charge in [-0.1, -0.05) is 29.5 Å². The van der Waals surface area contributed by atoms with Crippen molar-refractivity contribution in [2.75, 3.05) is 17.3 Å². The smallest absolute Gasteiger partial charge is 0.277 e. The Morgan fingerprint density at radius 2 is 2.04 bits per heavy atom. The van der Waals surface area contributed by atoms with Crippen molar-refractivity contribution in [3.63, 3.8) is 0 Å². The van der Waals surface area contributed by atoms with Gasteiger partial charge in [0.15, 0.2) is 9.84 Å². The summed E-state index contributed by atoms with van der Waals surface area (Å²) in [5.41, 5.74) is 1.26. The number of amides is 1. The highest BCUT2D eigenvalue weighted by Crippen LogP contribution is 2.25. The lowest BCUT2D eigenvalue weighted by Gasteiger charge is -2.23. The first-order valence-corrected chi connectivity index (χ1v) is 10.6. The zero-order valence-electron chi connectivity index (χ0n) is 14.0. The van der Waals surface area contributed by atoms with Crippen LogP contribution in [0.3, 0.4) is 0 Å². The monoisotopic (exact) mass is 381 g/mol. The van der Waals surface area contributed by atoms with Crippen molar-refractivity contribution in [3.8, 4) is 11.5 Å². The molecule has 1 aliphatic heterocycles. The van der Waals surface area contributed by atoms with E-state index >= 15 is 0 Å². The van der Waals surface area contributed by atoms with Gasteiger partial charge in [-0.2, -0.15) is 0 Å². The van der Waals surface area contributed by atoms with Gasteiger partial charge in [0.05, 0.1) is 22.8 Å². The number of hydrogen-bond donors (Lipinski definition) is 1. The molecule has 1 aliphatic rings. The van der Waals surface area contributed by atoms with Gasteiger partial charge < -0.3 is 9.73 Å². The van der Waals surface area contributed by atoms with E-state index in [0.29, 0.717) is 17.5 Å². The minimum atomic E-state index is -3.06. The molecular formula is C16H19N3O4S2. The van der Waals surface area contributed by atoms with Crippen molar-refractivity contribution < 1.29 is 17.6 Å². The topological polar surface area (TPSA) is 102 Å². The molecule has 0 aliphatic carbocycles. The van der Waals surface area contributed by atoms with Crippen LogP contribution >= 0.6 is 11.8 Å². The molecule has 1 saturated heterocycles. The normalized spacial score (nSPS) is 22.0. The molecule has 1 fully saturated rings. The third-order valence-electron chi connectivity index (χ3n) is 3.98. The van der Waals surface area contributed by atoms with E-state index in [2.05, 4.69) is 15.5 Å². The summed E-state index contributed by atoms with van der Waals surface area (Å²) in [5, 5.41) is 11.0. The van der Waals surface area contributed by atoms with Gasteiger partial charge >= 0.3 is 0 Å². The molecule has 25 heavy (non-hydrogen) atoms. The summed E-state index contributed by atoms with van der Waals surface area (Å²) in [6.07, 6.45) is 0.434. The van der Waals surface area contributed by atoms with Gasteiger partial charge in [0.1, 0.15) is 0 Å². The lowest BCUT2D eigenvalue weighted by Crippen LogP contribution is -2.47. The van der Waals surface area contributed by atoms with Crippen LogP contribution in [0.25, 0.3) is 11.5 Å². The molecule has 0 spiro atoms. The zero-order chi connectivity index (χ0) is 18.1. The average molecular weight is 381 g/mol. The molecule has 0 bridgehead atoms. The number of nitrogens with one attached hydrogen (secondary N) is 1. The van der Waals surface area contributed by atoms with Crippen molar-refractivity contribution in [1.29, 1.82) is 0 Å². The first-order chi connectivity index (χ1) is 11.7. The predicted octanol–water partition coefficient (Wildman–Crippen LogP) is 1.83. The van der Waals surface area contributed by atoms with Gasteiger partial charge in [-0.25, -0.2) is 8.42 Å². The lowest BCUT2D eigenvalue weighted by molar-refractivity contribution is -0.120. The molecule has 1 aromatic heterocycles. The van der Waals surface area contributed by atoms with Crippen LogP contribution in [-0.4, -0.2) is 47.3 Å². The Balaban J connectivity index is 1.55. The van der Waals surface area contributed by atoms with E-state index < -0.39 is 15.4 Å². The Labute approximate surface area is 150 Å². The third kappa shape index (κ3) is 4.60. The van der Waals surface area contributed by atoms with Crippen LogP contribution in [0.1, 0.15) is 18.9 Å². The number of thioether (sulfide) groups is 1. The van der Waals surface area contributed by atoms with Crippen LogP contribution in [0, 0.1) is 6.92 Å². The maximum atomic E-state index is 12.1. The summed E-state index contributed by atoms with van der Waals surface area (Å²) in [5.74, 6) is 0.330. The number of rotatable bonds is 5. The fourth-order valence-electron chi connectivity index (χ4n) is 2.69. The van der Waals surface area contributed by atoms with Crippen molar-refractivity contribution in [1.82, 2.24) is 15.5 Å². The minimum absolute atomic E-state index is 0.0193. The number of sulfone groups is 1. The van der Waals surface area contributed by atoms with Crippen LogP contribution in [-0.2, 0) is 14.6 Å². The number of carbonyl (C=O) groups is 1. The maximum absolute atomic E-state index is 12.1. The van der Waals surface area contributed by atoms with E-state index in [4.69, 9.17) is 4.42 Å². The zero-order valence-corrected chi connectivity index (χ0v) is 15.6. The molecular weight excluding hydrogens is 362 g/mol. The molecule has 0 saturated carbocycles. The molecule has 1 amide bonds. The van der Waals surface area contributed by atoms with Gasteiger partial charge in [-0.3, -0.25) is 4.79 Å². The first-order valence-electron chi connectivity index (χ1n) is 7.80. The van der Waals surface area contributed by atoms with Gasteiger partial charge in [0.2, 0.25) is 11.8 Å². The van der Waals surface area contributed by atoms with Crippen molar-refractivity contribution in [2.24, 2.45) is 0 Å². The molecule has 1 atom stereocenters. The summed E-state index contributed by atoms with van der Waals surface area (Å²) in [6.45, 7) is 3.75. The second-order valence-electron chi connectivity index (χ2n) is 6.48. The Hall–Kier alpha value is -1.87. The SMILES string of the molecule is Cc1ccc(-c2nnc(SCC(=O)N[C@]3(C)CCS(=O)(=O)C3)o2)cc1. The third-order valence-corrected chi connectivity index (χ3v) is 6.70. The lowest BCUT2D eigenvalue weighted by atomic mass is 10.0. The van der Waals surface area contributed by atoms with E-state index in [1.165, 1.54) is 0 Å². The Morgan fingerprint density at radius 3 is 2.68 bits per heavy atom. The summed E-state index contributed by atoms with van der Waals surface area (Å²) in [7, 11) is -3.06. The number of nitrogens with zero attached hydrogens (tertiary/aromatic N) is 2. The largest absolute Gasteiger partial charge is 0.411 e. The first kappa shape index (κ1) is 17.9. The molecule has 2 aromatic rings. The standard InChI is InChI=1S/C16H19N3O4S2/c1-11-3-5-12(6-4-11)14-18-19-15(23-14)24-9-13(20)17-16(2)7-8-25(21,22)10-16/h3-6H,7-10H2,1-2H3,(H,17,20)/t16-/m1/s1. The minimum Gasteiger partial charge on any atom is -0.411 e. The Kier molecular flexibility index (Phi) is 4.88. The quantitative estimate of drug-likeness (QED) is 0.788. The van der Waals surface area contributed by atoms with Crippen LogP contribution in [0.4, 0.5) is 0 Å². The highest BCUT2D eigenvalue weighted by atomic mass is 32.2. The van der Waals surface area contributed by atoms with Crippen molar-refractivity contribution in [2.45, 2.75) is 31.0 Å². The van der Waals surface area contributed by atoms with Gasteiger partial charge in [0, 0.05) is 5.56 Å². The molecule has 2 heterocycles. The number of aryl methyl sites for hydroxylation is 1. The molecule has 9 heteroatoms. The van der Waals surface area contributed by atoms with Crippen LogP contribution in [0.2, 0.25) is 0 Å². The summed E-state index contributed by atoms with van der Waals surface area (Å²) in [4.78, 5) is 12.1. The molecule has 3 rings (SSSR count). The number of aromatic nitrogens is 2. The number of carbonyl (C=O) groups excluding carboxylic acids is 1. The van der Waals surface area contributed by atoms with E-state index in [1.54, 1.807) is 6.92 Å². The molecule has 134 valence electrons. The summed E-state index contributed by atoms with van der Waals surface area (Å²) in [6, 6.07) is 7.70. The second-order valence-corrected chi connectivity index (χ2v) is 9.59. The van der Waals surface area contributed by atoms with Gasteiger partial charge in [-0.15, -0.1) is 10.2 Å². The predicted molar refractivity (Wildman–Crippen MR) is 95.0 cm³/mol. The average Bonchev–Trinajstić information content (AvgIpc) is 3.10. The van der Waals surface area contributed by atoms with Crippen LogP contribution in [0.5, 0.6) is 0 Å². The number of benzene rings is 1. The molecule has 0 radical (unpaired) electrons.